The van der Waals surface area contributed by atoms with Crippen molar-refractivity contribution >= 4 is 35.6 Å². The molecule has 0 saturated heterocycles. The summed E-state index contributed by atoms with van der Waals surface area (Å²) in [5, 5.41) is 15.3. The molecular formula is C23H33IN6. The topological polar surface area (TPSA) is 66.6 Å². The molecule has 6 nitrogen and oxygen atoms in total. The Morgan fingerprint density at radius 1 is 1.07 bits per heavy atom. The van der Waals surface area contributed by atoms with Crippen LogP contribution in [0.4, 0.5) is 0 Å². The predicted molar refractivity (Wildman–Crippen MR) is 135 cm³/mol. The van der Waals surface area contributed by atoms with Gasteiger partial charge in [0.05, 0.1) is 6.04 Å². The van der Waals surface area contributed by atoms with E-state index in [1.54, 1.807) is 0 Å². The fourth-order valence-corrected chi connectivity index (χ4v) is 3.35. The molecule has 7 heteroatoms. The van der Waals surface area contributed by atoms with Crippen molar-refractivity contribution in [2.75, 3.05) is 13.1 Å². The van der Waals surface area contributed by atoms with E-state index in [-0.39, 0.29) is 30.0 Å². The summed E-state index contributed by atoms with van der Waals surface area (Å²) < 4.78 is 2.01. The highest BCUT2D eigenvalue weighted by atomic mass is 127. The molecule has 30 heavy (non-hydrogen) atoms. The fourth-order valence-electron chi connectivity index (χ4n) is 3.35. The zero-order valence-electron chi connectivity index (χ0n) is 18.3. The summed E-state index contributed by atoms with van der Waals surface area (Å²) in [5.74, 6) is 2.42. The standard InChI is InChI=1S/C23H32N6.HI/c1-5-24-23(25-14-13-22-28-27-21-8-6-7-15-29(21)22)26-18(4)20-11-9-19(10-12-20)16-17(2)3;/h6-12,15,17-18H,5,13-14,16H2,1-4H3,(H2,24,25,26);1H. The second-order valence-corrected chi connectivity index (χ2v) is 7.76. The number of aliphatic imine (C=N–C) groups is 1. The maximum atomic E-state index is 4.73. The Hall–Kier alpha value is -2.16. The van der Waals surface area contributed by atoms with E-state index in [9.17, 15) is 0 Å². The molecule has 0 amide bonds. The molecule has 2 heterocycles. The number of aromatic nitrogens is 3. The summed E-state index contributed by atoms with van der Waals surface area (Å²) in [6, 6.07) is 15.0. The Morgan fingerprint density at radius 3 is 2.53 bits per heavy atom. The van der Waals surface area contributed by atoms with Gasteiger partial charge in [0, 0.05) is 25.7 Å². The molecule has 2 N–H and O–H groups in total. The van der Waals surface area contributed by atoms with Gasteiger partial charge >= 0.3 is 0 Å². The normalized spacial score (nSPS) is 12.6. The molecule has 162 valence electrons. The van der Waals surface area contributed by atoms with E-state index >= 15 is 0 Å². The van der Waals surface area contributed by atoms with Crippen LogP contribution < -0.4 is 10.6 Å². The first kappa shape index (κ1) is 24.1. The molecule has 0 aliphatic rings. The van der Waals surface area contributed by atoms with Gasteiger partial charge in [0.2, 0.25) is 0 Å². The largest absolute Gasteiger partial charge is 0.357 e. The van der Waals surface area contributed by atoms with Crippen molar-refractivity contribution in [2.24, 2.45) is 10.9 Å². The quantitative estimate of drug-likeness (QED) is 0.263. The third-order valence-electron chi connectivity index (χ3n) is 4.81. The first-order valence-corrected chi connectivity index (χ1v) is 10.5. The molecule has 1 unspecified atom stereocenters. The van der Waals surface area contributed by atoms with E-state index in [4.69, 9.17) is 4.99 Å². The van der Waals surface area contributed by atoms with E-state index in [1.807, 2.05) is 28.8 Å². The van der Waals surface area contributed by atoms with Crippen LogP contribution in [0, 0.1) is 5.92 Å². The lowest BCUT2D eigenvalue weighted by atomic mass is 10.00. The molecule has 1 aromatic carbocycles. The first-order chi connectivity index (χ1) is 14.1. The maximum absolute atomic E-state index is 4.73. The van der Waals surface area contributed by atoms with E-state index in [0.29, 0.717) is 12.5 Å². The Bertz CT molecular complexity index is 932. The lowest BCUT2D eigenvalue weighted by molar-refractivity contribution is 0.645. The second-order valence-electron chi connectivity index (χ2n) is 7.76. The number of nitrogens with zero attached hydrogens (tertiary/aromatic N) is 4. The van der Waals surface area contributed by atoms with Gasteiger partial charge in [-0.3, -0.25) is 9.39 Å². The third-order valence-corrected chi connectivity index (χ3v) is 4.81. The minimum absolute atomic E-state index is 0. The summed E-state index contributed by atoms with van der Waals surface area (Å²) in [4.78, 5) is 4.73. The smallest absolute Gasteiger partial charge is 0.191 e. The summed E-state index contributed by atoms with van der Waals surface area (Å²) in [5.41, 5.74) is 3.51. The van der Waals surface area contributed by atoms with Crippen LogP contribution >= 0.6 is 24.0 Å². The highest BCUT2D eigenvalue weighted by Gasteiger charge is 2.09. The lowest BCUT2D eigenvalue weighted by Crippen LogP contribution is -2.38. The van der Waals surface area contributed by atoms with Crippen molar-refractivity contribution in [1.29, 1.82) is 0 Å². The van der Waals surface area contributed by atoms with E-state index < -0.39 is 0 Å². The fraction of sp³-hybridized carbons (Fsp3) is 0.435. The summed E-state index contributed by atoms with van der Waals surface area (Å²) in [6.07, 6.45) is 3.84. The van der Waals surface area contributed by atoms with Crippen LogP contribution in [-0.2, 0) is 12.8 Å². The van der Waals surface area contributed by atoms with Crippen molar-refractivity contribution in [3.05, 3.63) is 65.6 Å². The van der Waals surface area contributed by atoms with Crippen LogP contribution in [0.3, 0.4) is 0 Å². The van der Waals surface area contributed by atoms with E-state index in [1.165, 1.54) is 11.1 Å². The Kier molecular flexibility index (Phi) is 9.55. The molecule has 2 aromatic heterocycles. The van der Waals surface area contributed by atoms with Gasteiger partial charge in [-0.05, 0) is 49.4 Å². The summed E-state index contributed by atoms with van der Waals surface area (Å²) in [7, 11) is 0. The molecular weight excluding hydrogens is 487 g/mol. The SMILES string of the molecule is CCNC(=NCCc1nnc2ccccn12)NC(C)c1ccc(CC(C)C)cc1.I. The molecule has 0 saturated carbocycles. The van der Waals surface area contributed by atoms with Gasteiger partial charge in [-0.1, -0.05) is 44.2 Å². The number of hydrogen-bond acceptors (Lipinski definition) is 3. The van der Waals surface area contributed by atoms with Crippen molar-refractivity contribution in [3.63, 3.8) is 0 Å². The zero-order valence-corrected chi connectivity index (χ0v) is 20.6. The van der Waals surface area contributed by atoms with Gasteiger partial charge in [-0.15, -0.1) is 34.2 Å². The van der Waals surface area contributed by atoms with Gasteiger partial charge in [0.1, 0.15) is 5.82 Å². The molecule has 0 radical (unpaired) electrons. The molecule has 0 aliphatic heterocycles. The van der Waals surface area contributed by atoms with Crippen LogP contribution in [0.1, 0.15) is 50.7 Å². The van der Waals surface area contributed by atoms with Crippen molar-refractivity contribution < 1.29 is 0 Å². The van der Waals surface area contributed by atoms with E-state index in [0.717, 1.165) is 36.8 Å². The van der Waals surface area contributed by atoms with Crippen LogP contribution in [0.25, 0.3) is 5.65 Å². The van der Waals surface area contributed by atoms with Crippen molar-refractivity contribution in [3.8, 4) is 0 Å². The molecule has 0 bridgehead atoms. The second kappa shape index (κ2) is 11.9. The predicted octanol–water partition coefficient (Wildman–Crippen LogP) is 4.40. The van der Waals surface area contributed by atoms with Crippen molar-refractivity contribution in [1.82, 2.24) is 25.2 Å². The number of hydrogen-bond donors (Lipinski definition) is 2. The minimum atomic E-state index is 0. The number of rotatable bonds is 8. The molecule has 0 fully saturated rings. The van der Waals surface area contributed by atoms with Crippen molar-refractivity contribution in [2.45, 2.75) is 46.6 Å². The summed E-state index contributed by atoms with van der Waals surface area (Å²) >= 11 is 0. The summed E-state index contributed by atoms with van der Waals surface area (Å²) in [6.45, 7) is 10.2. The third kappa shape index (κ3) is 6.68. The molecule has 3 aromatic rings. The average molecular weight is 520 g/mol. The number of guanidine groups is 1. The number of benzene rings is 1. The molecule has 0 spiro atoms. The first-order valence-electron chi connectivity index (χ1n) is 10.5. The van der Waals surface area contributed by atoms with Gasteiger partial charge < -0.3 is 10.6 Å². The van der Waals surface area contributed by atoms with Crippen LogP contribution in [-0.4, -0.2) is 33.6 Å². The number of pyridine rings is 1. The zero-order chi connectivity index (χ0) is 20.6. The Balaban J connectivity index is 0.00000320. The highest BCUT2D eigenvalue weighted by Crippen LogP contribution is 2.15. The van der Waals surface area contributed by atoms with Crippen LogP contribution in [0.5, 0.6) is 0 Å². The van der Waals surface area contributed by atoms with E-state index in [2.05, 4.69) is 72.8 Å². The maximum Gasteiger partial charge on any atom is 0.191 e. The molecule has 1 atom stereocenters. The molecule has 0 aliphatic carbocycles. The van der Waals surface area contributed by atoms with Crippen LogP contribution in [0.2, 0.25) is 0 Å². The number of nitrogens with one attached hydrogen (secondary N) is 2. The molecule has 3 rings (SSSR count). The van der Waals surface area contributed by atoms with Gasteiger partial charge in [0.25, 0.3) is 0 Å². The van der Waals surface area contributed by atoms with Crippen LogP contribution in [0.15, 0.2) is 53.7 Å². The lowest BCUT2D eigenvalue weighted by Gasteiger charge is -2.18. The van der Waals surface area contributed by atoms with Gasteiger partial charge in [0.15, 0.2) is 11.6 Å². The van der Waals surface area contributed by atoms with Gasteiger partial charge in [-0.2, -0.15) is 0 Å². The Morgan fingerprint density at radius 2 is 1.83 bits per heavy atom. The average Bonchev–Trinajstić information content (AvgIpc) is 3.11. The monoisotopic (exact) mass is 520 g/mol. The number of fused-ring (bicyclic) bond motifs is 1. The number of halogens is 1. The minimum Gasteiger partial charge on any atom is -0.357 e. The highest BCUT2D eigenvalue weighted by molar-refractivity contribution is 14.0. The Labute approximate surface area is 196 Å². The van der Waals surface area contributed by atoms with Gasteiger partial charge in [-0.25, -0.2) is 0 Å².